The van der Waals surface area contributed by atoms with Gasteiger partial charge in [0, 0.05) is 25.4 Å². The molecule has 0 radical (unpaired) electrons. The molecule has 4 rings (SSSR count). The van der Waals surface area contributed by atoms with E-state index in [2.05, 4.69) is 43.0 Å². The number of hydrogen-bond donors (Lipinski definition) is 1. The number of phenols is 1. The molecule has 3 atom stereocenters. The Morgan fingerprint density at radius 2 is 1.89 bits per heavy atom. The first kappa shape index (κ1) is 19.3. The van der Waals surface area contributed by atoms with Crippen molar-refractivity contribution in [2.45, 2.75) is 38.7 Å². The highest BCUT2D eigenvalue weighted by Crippen LogP contribution is 2.44. The summed E-state index contributed by atoms with van der Waals surface area (Å²) in [7, 11) is 0. The number of phenolic OH excluding ortho intramolecular Hbond substituents is 1. The van der Waals surface area contributed by atoms with Gasteiger partial charge >= 0.3 is 0 Å². The molecular weight excluding hydrogens is 350 g/mol. The lowest BCUT2D eigenvalue weighted by Gasteiger charge is -2.38. The Morgan fingerprint density at radius 3 is 2.68 bits per heavy atom. The van der Waals surface area contributed by atoms with E-state index in [0.717, 1.165) is 45.8 Å². The predicted octanol–water partition coefficient (Wildman–Crippen LogP) is 4.81. The number of morpholine rings is 1. The van der Waals surface area contributed by atoms with Crippen LogP contribution < -0.4 is 4.90 Å². The second kappa shape index (κ2) is 8.54. The Balaban J connectivity index is 1.63. The van der Waals surface area contributed by atoms with Gasteiger partial charge in [0.05, 0.1) is 19.3 Å². The zero-order valence-corrected chi connectivity index (χ0v) is 16.9. The second-order valence-electron chi connectivity index (χ2n) is 8.12. The molecule has 0 amide bonds. The van der Waals surface area contributed by atoms with Gasteiger partial charge in [-0.25, -0.2) is 0 Å². The molecule has 0 aliphatic carbocycles. The Kier molecular flexibility index (Phi) is 5.88. The van der Waals surface area contributed by atoms with Gasteiger partial charge in [0.15, 0.2) is 0 Å². The van der Waals surface area contributed by atoms with Gasteiger partial charge in [-0.1, -0.05) is 25.1 Å². The van der Waals surface area contributed by atoms with E-state index in [1.54, 1.807) is 6.07 Å². The number of aryl methyl sites for hydroxylation is 1. The van der Waals surface area contributed by atoms with E-state index in [-0.39, 0.29) is 6.10 Å². The van der Waals surface area contributed by atoms with Crippen LogP contribution in [0.25, 0.3) is 0 Å². The Labute approximate surface area is 168 Å². The number of ether oxygens (including phenoxy) is 2. The third-order valence-corrected chi connectivity index (χ3v) is 6.35. The number of anilines is 1. The third kappa shape index (κ3) is 4.03. The van der Waals surface area contributed by atoms with Crippen LogP contribution in [0.4, 0.5) is 5.69 Å². The lowest BCUT2D eigenvalue weighted by Crippen LogP contribution is -2.36. The van der Waals surface area contributed by atoms with Crippen molar-refractivity contribution < 1.29 is 14.6 Å². The average molecular weight is 382 g/mol. The van der Waals surface area contributed by atoms with Gasteiger partial charge in [-0.3, -0.25) is 0 Å². The van der Waals surface area contributed by atoms with E-state index in [0.29, 0.717) is 17.6 Å². The summed E-state index contributed by atoms with van der Waals surface area (Å²) in [5.41, 5.74) is 5.04. The minimum Gasteiger partial charge on any atom is -0.508 e. The lowest BCUT2D eigenvalue weighted by atomic mass is 9.76. The third-order valence-electron chi connectivity index (χ3n) is 6.35. The summed E-state index contributed by atoms with van der Waals surface area (Å²) in [4.78, 5) is 2.41. The highest BCUT2D eigenvalue weighted by Gasteiger charge is 2.33. The first-order chi connectivity index (χ1) is 13.6. The number of aromatic hydroxyl groups is 1. The van der Waals surface area contributed by atoms with Crippen molar-refractivity contribution in [3.8, 4) is 5.75 Å². The molecule has 2 aliphatic heterocycles. The second-order valence-corrected chi connectivity index (χ2v) is 8.12. The van der Waals surface area contributed by atoms with Crippen LogP contribution in [0.3, 0.4) is 0 Å². The van der Waals surface area contributed by atoms with E-state index in [4.69, 9.17) is 9.47 Å². The van der Waals surface area contributed by atoms with E-state index >= 15 is 0 Å². The Hall–Kier alpha value is -2.04. The summed E-state index contributed by atoms with van der Waals surface area (Å²) >= 11 is 0. The molecule has 0 spiro atoms. The fourth-order valence-electron chi connectivity index (χ4n) is 4.64. The fourth-order valence-corrected chi connectivity index (χ4v) is 4.64. The van der Waals surface area contributed by atoms with Crippen molar-refractivity contribution in [2.24, 2.45) is 5.92 Å². The van der Waals surface area contributed by atoms with Crippen LogP contribution in [0, 0.1) is 12.8 Å². The minimum atomic E-state index is 0.0899. The summed E-state index contributed by atoms with van der Waals surface area (Å²) in [6.07, 6.45) is 2.32. The number of nitrogens with zero attached hydrogens (tertiary/aromatic N) is 1. The molecule has 150 valence electrons. The molecule has 0 saturated carbocycles. The molecule has 4 heteroatoms. The van der Waals surface area contributed by atoms with Crippen molar-refractivity contribution >= 4 is 5.69 Å². The van der Waals surface area contributed by atoms with E-state index in [9.17, 15) is 5.11 Å². The number of benzene rings is 2. The average Bonchev–Trinajstić information content (AvgIpc) is 2.74. The number of hydrogen-bond acceptors (Lipinski definition) is 4. The molecule has 2 fully saturated rings. The van der Waals surface area contributed by atoms with Gasteiger partial charge in [-0.05, 0) is 72.6 Å². The summed E-state index contributed by atoms with van der Waals surface area (Å²) in [5, 5.41) is 9.92. The lowest BCUT2D eigenvalue weighted by molar-refractivity contribution is -0.0362. The molecule has 2 aromatic rings. The van der Waals surface area contributed by atoms with Gasteiger partial charge in [-0.15, -0.1) is 0 Å². The van der Waals surface area contributed by atoms with Crippen LogP contribution in [0.2, 0.25) is 0 Å². The van der Waals surface area contributed by atoms with Crippen molar-refractivity contribution in [2.75, 3.05) is 37.8 Å². The van der Waals surface area contributed by atoms with Gasteiger partial charge < -0.3 is 19.5 Å². The van der Waals surface area contributed by atoms with Crippen LogP contribution in [0.5, 0.6) is 5.75 Å². The molecular formula is C24H31NO3. The molecule has 28 heavy (non-hydrogen) atoms. The van der Waals surface area contributed by atoms with Crippen LogP contribution in [-0.2, 0) is 9.47 Å². The fraction of sp³-hybridized carbons (Fsp3) is 0.500. The zero-order chi connectivity index (χ0) is 19.5. The van der Waals surface area contributed by atoms with Crippen molar-refractivity contribution in [1.29, 1.82) is 0 Å². The van der Waals surface area contributed by atoms with E-state index in [1.807, 2.05) is 12.1 Å². The molecule has 2 aromatic carbocycles. The minimum absolute atomic E-state index is 0.0899. The maximum Gasteiger partial charge on any atom is 0.115 e. The molecule has 2 saturated heterocycles. The molecule has 3 unspecified atom stereocenters. The van der Waals surface area contributed by atoms with Gasteiger partial charge in [0.2, 0.25) is 0 Å². The predicted molar refractivity (Wildman–Crippen MR) is 112 cm³/mol. The number of rotatable bonds is 4. The monoisotopic (exact) mass is 381 g/mol. The van der Waals surface area contributed by atoms with Crippen molar-refractivity contribution in [1.82, 2.24) is 0 Å². The van der Waals surface area contributed by atoms with E-state index in [1.165, 1.54) is 22.4 Å². The molecule has 1 N–H and O–H groups in total. The van der Waals surface area contributed by atoms with Gasteiger partial charge in [0.25, 0.3) is 0 Å². The van der Waals surface area contributed by atoms with Crippen molar-refractivity contribution in [3.63, 3.8) is 0 Å². The summed E-state index contributed by atoms with van der Waals surface area (Å²) in [6.45, 7) is 8.73. The summed E-state index contributed by atoms with van der Waals surface area (Å²) in [5.74, 6) is 1.06. The maximum atomic E-state index is 9.92. The highest BCUT2D eigenvalue weighted by molar-refractivity contribution is 5.52. The molecule has 0 aromatic heterocycles. The van der Waals surface area contributed by atoms with Crippen LogP contribution in [0.1, 0.15) is 48.5 Å². The molecule has 2 heterocycles. The van der Waals surface area contributed by atoms with E-state index < -0.39 is 0 Å². The standard InChI is InChI=1S/C24H31NO3/c1-17-8-9-20(25-10-13-27-14-11-25)16-23(17)24-22(7-4-12-28-24)18(2)19-5-3-6-21(26)15-19/h3,5-6,8-9,15-16,18,22,24,26H,4,7,10-14H2,1-2H3. The van der Waals surface area contributed by atoms with Gasteiger partial charge in [-0.2, -0.15) is 0 Å². The highest BCUT2D eigenvalue weighted by atomic mass is 16.5. The molecule has 2 aliphatic rings. The summed E-state index contributed by atoms with van der Waals surface area (Å²) in [6, 6.07) is 14.5. The Bertz CT molecular complexity index is 800. The maximum absolute atomic E-state index is 9.92. The first-order valence-corrected chi connectivity index (χ1v) is 10.5. The molecule has 0 bridgehead atoms. The quantitative estimate of drug-likeness (QED) is 0.825. The largest absolute Gasteiger partial charge is 0.508 e. The van der Waals surface area contributed by atoms with Crippen LogP contribution >= 0.6 is 0 Å². The normalized spacial score (nSPS) is 24.1. The molecule has 4 nitrogen and oxygen atoms in total. The first-order valence-electron chi connectivity index (χ1n) is 10.5. The Morgan fingerprint density at radius 1 is 1.07 bits per heavy atom. The topological polar surface area (TPSA) is 41.9 Å². The smallest absolute Gasteiger partial charge is 0.115 e. The zero-order valence-electron chi connectivity index (χ0n) is 16.9. The van der Waals surface area contributed by atoms with Crippen LogP contribution in [0.15, 0.2) is 42.5 Å². The SMILES string of the molecule is Cc1ccc(N2CCOCC2)cc1C1OCCCC1C(C)c1cccc(O)c1. The van der Waals surface area contributed by atoms with Crippen molar-refractivity contribution in [3.05, 3.63) is 59.2 Å². The summed E-state index contributed by atoms with van der Waals surface area (Å²) < 4.78 is 11.9. The van der Waals surface area contributed by atoms with Crippen LogP contribution in [-0.4, -0.2) is 38.0 Å². The van der Waals surface area contributed by atoms with Gasteiger partial charge in [0.1, 0.15) is 5.75 Å².